The number of benzene rings is 4. The Kier molecular flexibility index (Phi) is 5.56. The van der Waals surface area contributed by atoms with Crippen molar-refractivity contribution in [2.24, 2.45) is 5.41 Å². The molecule has 4 aromatic carbocycles. The quantitative estimate of drug-likeness (QED) is 0.121. The number of nitrogens with zero attached hydrogens (tertiary/aromatic N) is 2. The fraction of sp³-hybridized carbons (Fsp3) is 0.121. The molecule has 1 aliphatic carbocycles. The lowest BCUT2D eigenvalue weighted by Crippen LogP contribution is -2.48. The van der Waals surface area contributed by atoms with E-state index in [0.29, 0.717) is 21.8 Å². The van der Waals surface area contributed by atoms with Crippen molar-refractivity contribution in [1.82, 2.24) is 0 Å². The normalized spacial score (nSPS) is 21.5. The minimum atomic E-state index is -1.73. The van der Waals surface area contributed by atoms with Crippen molar-refractivity contribution in [2.45, 2.75) is 18.0 Å². The highest BCUT2D eigenvalue weighted by Crippen LogP contribution is 2.61. The van der Waals surface area contributed by atoms with Crippen molar-refractivity contribution < 1.29 is 19.3 Å². The maximum absolute atomic E-state index is 14.6. The third-order valence-electron chi connectivity index (χ3n) is 8.53. The highest BCUT2D eigenvalue weighted by Gasteiger charge is 2.71. The Hall–Kier alpha value is -4.88. The van der Waals surface area contributed by atoms with Crippen molar-refractivity contribution in [2.75, 3.05) is 4.90 Å². The average molecular weight is 561 g/mol. The second kappa shape index (κ2) is 9.08. The number of anilines is 1. The number of non-ortho nitro benzene ring substituents is 1. The second-order valence-corrected chi connectivity index (χ2v) is 10.9. The van der Waals surface area contributed by atoms with Gasteiger partial charge in [0.2, 0.25) is 0 Å². The van der Waals surface area contributed by atoms with Crippen LogP contribution in [0.15, 0.2) is 103 Å². The Morgan fingerprint density at radius 2 is 1.54 bits per heavy atom. The van der Waals surface area contributed by atoms with Gasteiger partial charge in [-0.15, -0.1) is 0 Å². The molecule has 1 saturated heterocycles. The fourth-order valence-corrected chi connectivity index (χ4v) is 7.11. The number of hydrogen-bond donors (Lipinski definition) is 0. The number of hydrogen-bond acceptors (Lipinski definition) is 6. The first-order valence-electron chi connectivity index (χ1n) is 13.1. The Bertz CT molecular complexity index is 1800. The maximum Gasteiger partial charge on any atom is 0.269 e. The van der Waals surface area contributed by atoms with E-state index in [-0.39, 0.29) is 22.6 Å². The van der Waals surface area contributed by atoms with Gasteiger partial charge in [0.15, 0.2) is 17.3 Å². The van der Waals surface area contributed by atoms with Crippen molar-refractivity contribution in [1.29, 1.82) is 0 Å². The van der Waals surface area contributed by atoms with Crippen LogP contribution in [-0.2, 0) is 0 Å². The monoisotopic (exact) mass is 560 g/mol. The minimum Gasteiger partial charge on any atom is -0.352 e. The Morgan fingerprint density at radius 3 is 2.22 bits per heavy atom. The molecule has 0 amide bonds. The van der Waals surface area contributed by atoms with Crippen LogP contribution in [0.2, 0.25) is 5.02 Å². The first-order chi connectivity index (χ1) is 19.8. The third-order valence-corrected chi connectivity index (χ3v) is 8.77. The van der Waals surface area contributed by atoms with Crippen LogP contribution in [0.1, 0.15) is 48.1 Å². The van der Waals surface area contributed by atoms with Crippen molar-refractivity contribution in [3.05, 3.63) is 146 Å². The molecule has 0 N–H and O–H groups in total. The zero-order valence-corrected chi connectivity index (χ0v) is 22.2. The van der Waals surface area contributed by atoms with Gasteiger partial charge in [0.25, 0.3) is 5.69 Å². The van der Waals surface area contributed by atoms with Crippen LogP contribution < -0.4 is 4.90 Å². The van der Waals surface area contributed by atoms with E-state index in [2.05, 4.69) is 0 Å². The molecule has 8 heteroatoms. The number of nitro benzene ring substituents is 1. The summed E-state index contributed by atoms with van der Waals surface area (Å²) in [6.45, 7) is 0. The minimum absolute atomic E-state index is 0.188. The molecule has 4 aromatic rings. The Labute approximate surface area is 239 Å². The maximum atomic E-state index is 14.6. The number of carbonyl (C=O) groups excluding carboxylic acids is 3. The summed E-state index contributed by atoms with van der Waals surface area (Å²) in [7, 11) is 0. The van der Waals surface area contributed by atoms with Crippen LogP contribution in [0.3, 0.4) is 0 Å². The molecule has 0 aromatic heterocycles. The molecule has 1 fully saturated rings. The first kappa shape index (κ1) is 25.1. The molecule has 0 radical (unpaired) electrons. The summed E-state index contributed by atoms with van der Waals surface area (Å²) in [4.78, 5) is 57.0. The molecule has 200 valence electrons. The lowest BCUT2D eigenvalue weighted by Gasteiger charge is -2.37. The van der Waals surface area contributed by atoms with Crippen LogP contribution in [0.4, 0.5) is 11.4 Å². The topological polar surface area (TPSA) is 97.6 Å². The number of nitro groups is 1. The number of fused-ring (bicyclic) bond motifs is 5. The van der Waals surface area contributed by atoms with E-state index in [9.17, 15) is 24.5 Å². The number of ketones is 3. The average Bonchev–Trinajstić information content (AvgIpc) is 3.43. The predicted octanol–water partition coefficient (Wildman–Crippen LogP) is 6.56. The van der Waals surface area contributed by atoms with Gasteiger partial charge in [-0.1, -0.05) is 90.5 Å². The van der Waals surface area contributed by atoms with E-state index in [4.69, 9.17) is 11.6 Å². The molecule has 0 bridgehead atoms. The molecule has 3 atom stereocenters. The summed E-state index contributed by atoms with van der Waals surface area (Å²) < 4.78 is 0. The summed E-state index contributed by atoms with van der Waals surface area (Å²) in [6, 6.07) is 24.7. The Balaban J connectivity index is 1.57. The van der Waals surface area contributed by atoms with Gasteiger partial charge in [-0.2, -0.15) is 0 Å². The standard InChI is InChI=1S/C33H21ClN2O5/c34-22-14-15-26-20(17-22)13-16-27-33(31(38)24-11-4-5-12-25(24)32(33)39)28(21-9-6-10-23(18-21)36(40)41)29(35(26)27)30(37)19-7-2-1-3-8-19/h1-18,27-29H/t27?,28-,29+/m1/s1. The molecule has 41 heavy (non-hydrogen) atoms. The summed E-state index contributed by atoms with van der Waals surface area (Å²) in [6.07, 6.45) is 3.62. The lowest BCUT2D eigenvalue weighted by molar-refractivity contribution is -0.384. The van der Waals surface area contributed by atoms with Gasteiger partial charge in [0.05, 0.1) is 11.0 Å². The van der Waals surface area contributed by atoms with Crippen LogP contribution in [-0.4, -0.2) is 34.4 Å². The van der Waals surface area contributed by atoms with E-state index in [1.807, 2.05) is 11.0 Å². The highest BCUT2D eigenvalue weighted by atomic mass is 35.5. The SMILES string of the molecule is O=C(c1ccccc1)[C@@H]1[C@@H](c2cccc([N+](=O)[O-])c2)C2(C(=O)c3ccccc3C2=O)C2C=Cc3cc(Cl)ccc3N21. The number of Topliss-reactive ketones (excluding diaryl/α,β-unsaturated/α-hetero) is 3. The summed E-state index contributed by atoms with van der Waals surface area (Å²) >= 11 is 6.32. The van der Waals surface area contributed by atoms with Crippen molar-refractivity contribution in [3.8, 4) is 0 Å². The van der Waals surface area contributed by atoms with Crippen LogP contribution >= 0.6 is 11.6 Å². The fourth-order valence-electron chi connectivity index (χ4n) is 6.93. The molecule has 7 rings (SSSR count). The summed E-state index contributed by atoms with van der Waals surface area (Å²) in [5.41, 5.74) is 0.830. The van der Waals surface area contributed by atoms with Crippen LogP contribution in [0.5, 0.6) is 0 Å². The van der Waals surface area contributed by atoms with E-state index in [1.165, 1.54) is 18.2 Å². The first-order valence-corrected chi connectivity index (χ1v) is 13.5. The van der Waals surface area contributed by atoms with Gasteiger partial charge >= 0.3 is 0 Å². The van der Waals surface area contributed by atoms with Gasteiger partial charge in [0, 0.05) is 45.5 Å². The summed E-state index contributed by atoms with van der Waals surface area (Å²) in [5.74, 6) is -2.11. The van der Waals surface area contributed by atoms with Gasteiger partial charge in [-0.25, -0.2) is 0 Å². The van der Waals surface area contributed by atoms with E-state index in [1.54, 1.807) is 84.9 Å². The van der Waals surface area contributed by atoms with E-state index < -0.39 is 39.9 Å². The summed E-state index contributed by atoms with van der Waals surface area (Å²) in [5, 5.41) is 12.3. The van der Waals surface area contributed by atoms with Gasteiger partial charge in [-0.05, 0) is 29.3 Å². The van der Waals surface area contributed by atoms with E-state index >= 15 is 0 Å². The molecule has 2 aliphatic heterocycles. The second-order valence-electron chi connectivity index (χ2n) is 10.5. The highest BCUT2D eigenvalue weighted by molar-refractivity contribution is 6.32. The zero-order valence-electron chi connectivity index (χ0n) is 21.4. The molecule has 1 spiro atoms. The molecule has 0 saturated carbocycles. The van der Waals surface area contributed by atoms with Gasteiger partial charge in [-0.3, -0.25) is 24.5 Å². The van der Waals surface area contributed by atoms with Crippen LogP contribution in [0.25, 0.3) is 6.08 Å². The zero-order chi connectivity index (χ0) is 28.5. The largest absolute Gasteiger partial charge is 0.352 e. The predicted molar refractivity (Wildman–Crippen MR) is 155 cm³/mol. The smallest absolute Gasteiger partial charge is 0.269 e. The molecule has 1 unspecified atom stereocenters. The van der Waals surface area contributed by atoms with Gasteiger partial charge in [0.1, 0.15) is 11.5 Å². The molecule has 2 heterocycles. The van der Waals surface area contributed by atoms with Crippen LogP contribution in [0, 0.1) is 15.5 Å². The molecule has 7 nitrogen and oxygen atoms in total. The Morgan fingerprint density at radius 1 is 0.854 bits per heavy atom. The van der Waals surface area contributed by atoms with Crippen molar-refractivity contribution in [3.63, 3.8) is 0 Å². The molecular weight excluding hydrogens is 540 g/mol. The number of rotatable bonds is 4. The van der Waals surface area contributed by atoms with Gasteiger partial charge < -0.3 is 4.90 Å². The third kappa shape index (κ3) is 3.42. The number of carbonyl (C=O) groups is 3. The lowest BCUT2D eigenvalue weighted by atomic mass is 9.64. The molecular formula is C33H21ClN2O5. The van der Waals surface area contributed by atoms with Crippen molar-refractivity contribution >= 4 is 46.4 Å². The number of halogens is 1. The van der Waals surface area contributed by atoms with E-state index in [0.717, 1.165) is 5.56 Å². The molecule has 3 aliphatic rings.